The molecule has 0 heterocycles. The zero-order valence-electron chi connectivity index (χ0n) is 25.1. The molecule has 4 aromatic carbocycles. The maximum Gasteiger partial charge on any atom is 0.349 e. The third kappa shape index (κ3) is 8.92. The summed E-state index contributed by atoms with van der Waals surface area (Å²) >= 11 is 6.14. The molecule has 0 aromatic heterocycles. The standard InChI is InChI=1S/C35H38ClNO6S/c1-4-42-34(39)35(2,3)43-30-14-9-15-32(23-30)44(40,41)31-18-16-26(17-19-31)20-21-37(24-27-10-6-5-7-11-27)25-33(38)28-12-8-13-29(36)22-28/h5-19,22-23,33,38H,4,20-21,24-25H2,1-3H3. The van der Waals surface area contributed by atoms with E-state index in [1.165, 1.54) is 12.1 Å². The van der Waals surface area contributed by atoms with Crippen molar-refractivity contribution in [3.05, 3.63) is 125 Å². The summed E-state index contributed by atoms with van der Waals surface area (Å²) in [5.74, 6) is -0.288. The van der Waals surface area contributed by atoms with Gasteiger partial charge in [-0.3, -0.25) is 4.90 Å². The lowest BCUT2D eigenvalue weighted by atomic mass is 10.1. The molecule has 0 saturated carbocycles. The quantitative estimate of drug-likeness (QED) is 0.155. The van der Waals surface area contributed by atoms with Crippen LogP contribution in [0, 0.1) is 0 Å². The molecule has 4 rings (SSSR count). The van der Waals surface area contributed by atoms with Crippen molar-refractivity contribution in [1.29, 1.82) is 0 Å². The molecular formula is C35H38ClNO6S. The summed E-state index contributed by atoms with van der Waals surface area (Å²) in [6, 6.07) is 30.2. The summed E-state index contributed by atoms with van der Waals surface area (Å²) in [6.07, 6.45) is -0.0608. The number of nitrogens with zero attached hydrogens (tertiary/aromatic N) is 1. The molecule has 0 radical (unpaired) electrons. The number of halogens is 1. The van der Waals surface area contributed by atoms with Gasteiger partial charge in [-0.05, 0) is 86.3 Å². The van der Waals surface area contributed by atoms with E-state index in [0.29, 0.717) is 31.1 Å². The number of carbonyl (C=O) groups excluding carboxylic acids is 1. The van der Waals surface area contributed by atoms with E-state index in [2.05, 4.69) is 17.0 Å². The molecule has 4 aromatic rings. The van der Waals surface area contributed by atoms with Crippen LogP contribution < -0.4 is 4.74 Å². The molecule has 1 unspecified atom stereocenters. The molecule has 0 aliphatic carbocycles. The Morgan fingerprint density at radius 2 is 1.59 bits per heavy atom. The van der Waals surface area contributed by atoms with Crippen molar-refractivity contribution < 1.29 is 27.8 Å². The fraction of sp³-hybridized carbons (Fsp3) is 0.286. The average Bonchev–Trinajstić information content (AvgIpc) is 3.00. The van der Waals surface area contributed by atoms with Gasteiger partial charge in [0, 0.05) is 24.7 Å². The largest absolute Gasteiger partial charge is 0.476 e. The average molecular weight is 636 g/mol. The van der Waals surface area contributed by atoms with E-state index in [1.54, 1.807) is 57.2 Å². The molecule has 0 aliphatic rings. The van der Waals surface area contributed by atoms with Crippen molar-refractivity contribution >= 4 is 27.4 Å². The van der Waals surface area contributed by atoms with Crippen molar-refractivity contribution in [2.24, 2.45) is 0 Å². The van der Waals surface area contributed by atoms with Crippen LogP contribution in [0.15, 0.2) is 113 Å². The van der Waals surface area contributed by atoms with Gasteiger partial charge >= 0.3 is 5.97 Å². The third-order valence-corrected chi connectivity index (χ3v) is 9.12. The zero-order chi connectivity index (χ0) is 31.7. The number of esters is 1. The summed E-state index contributed by atoms with van der Waals surface area (Å²) in [7, 11) is -3.84. The molecule has 0 bridgehead atoms. The number of benzene rings is 4. The van der Waals surface area contributed by atoms with E-state index in [-0.39, 0.29) is 22.1 Å². The van der Waals surface area contributed by atoms with Gasteiger partial charge in [0.15, 0.2) is 5.60 Å². The molecule has 0 saturated heterocycles. The molecule has 232 valence electrons. The summed E-state index contributed by atoms with van der Waals surface area (Å²) in [5.41, 5.74) is 1.57. The number of sulfone groups is 1. The van der Waals surface area contributed by atoms with Crippen molar-refractivity contribution in [2.75, 3.05) is 19.7 Å². The number of rotatable bonds is 14. The van der Waals surface area contributed by atoms with Gasteiger partial charge in [-0.2, -0.15) is 0 Å². The van der Waals surface area contributed by atoms with Crippen LogP contribution in [-0.4, -0.2) is 49.7 Å². The molecule has 44 heavy (non-hydrogen) atoms. The Kier molecular flexibility index (Phi) is 11.2. The Balaban J connectivity index is 1.45. The Morgan fingerprint density at radius 1 is 0.886 bits per heavy atom. The lowest BCUT2D eigenvalue weighted by Crippen LogP contribution is -2.39. The number of aliphatic hydroxyl groups is 1. The molecule has 0 spiro atoms. The Labute approximate surface area is 264 Å². The van der Waals surface area contributed by atoms with E-state index in [9.17, 15) is 18.3 Å². The minimum atomic E-state index is -3.84. The van der Waals surface area contributed by atoms with Gasteiger partial charge in [0.05, 0.1) is 22.5 Å². The fourth-order valence-corrected chi connectivity index (χ4v) is 6.24. The second-order valence-corrected chi connectivity index (χ2v) is 13.4. The van der Waals surface area contributed by atoms with Crippen molar-refractivity contribution in [3.63, 3.8) is 0 Å². The Hall–Kier alpha value is -3.69. The van der Waals surface area contributed by atoms with Crippen LogP contribution in [0.25, 0.3) is 0 Å². The van der Waals surface area contributed by atoms with E-state index in [0.717, 1.165) is 16.7 Å². The number of hydrogen-bond acceptors (Lipinski definition) is 7. The van der Waals surface area contributed by atoms with Crippen LogP contribution in [0.5, 0.6) is 5.75 Å². The molecule has 1 atom stereocenters. The highest BCUT2D eigenvalue weighted by Gasteiger charge is 2.32. The van der Waals surface area contributed by atoms with Crippen molar-refractivity contribution in [2.45, 2.75) is 55.2 Å². The van der Waals surface area contributed by atoms with Gasteiger partial charge in [0.1, 0.15) is 5.75 Å². The number of hydrogen-bond donors (Lipinski definition) is 1. The van der Waals surface area contributed by atoms with E-state index < -0.39 is 27.5 Å². The molecule has 9 heteroatoms. The normalized spacial score (nSPS) is 12.6. The molecule has 0 fully saturated rings. The molecule has 1 N–H and O–H groups in total. The summed E-state index contributed by atoms with van der Waals surface area (Å²) in [5, 5.41) is 11.5. The SMILES string of the molecule is CCOC(=O)C(C)(C)Oc1cccc(S(=O)(=O)c2ccc(CCN(Cc3ccccc3)CC(O)c3cccc(Cl)c3)cc2)c1. The first-order valence-corrected chi connectivity index (χ1v) is 16.3. The van der Waals surface area contributed by atoms with E-state index in [1.807, 2.05) is 42.5 Å². The van der Waals surface area contributed by atoms with Gasteiger partial charge in [0.25, 0.3) is 0 Å². The zero-order valence-corrected chi connectivity index (χ0v) is 26.7. The molecular weight excluding hydrogens is 598 g/mol. The summed E-state index contributed by atoms with van der Waals surface area (Å²) in [6.45, 7) is 6.78. The van der Waals surface area contributed by atoms with Gasteiger partial charge in [-0.1, -0.05) is 72.3 Å². The van der Waals surface area contributed by atoms with Gasteiger partial charge in [-0.25, -0.2) is 13.2 Å². The maximum absolute atomic E-state index is 13.5. The third-order valence-electron chi connectivity index (χ3n) is 7.12. The molecule has 0 aliphatic heterocycles. The minimum Gasteiger partial charge on any atom is -0.476 e. The monoisotopic (exact) mass is 635 g/mol. The van der Waals surface area contributed by atoms with Gasteiger partial charge in [-0.15, -0.1) is 0 Å². The predicted octanol–water partition coefficient (Wildman–Crippen LogP) is 6.67. The Bertz CT molecular complexity index is 1640. The number of carbonyl (C=O) groups is 1. The van der Waals surface area contributed by atoms with Crippen LogP contribution in [0.2, 0.25) is 5.02 Å². The van der Waals surface area contributed by atoms with Gasteiger partial charge in [0.2, 0.25) is 9.84 Å². The van der Waals surface area contributed by atoms with E-state index in [4.69, 9.17) is 21.1 Å². The second-order valence-electron chi connectivity index (χ2n) is 11.0. The van der Waals surface area contributed by atoms with Crippen molar-refractivity contribution in [1.82, 2.24) is 4.90 Å². The van der Waals surface area contributed by atoms with Crippen LogP contribution in [-0.2, 0) is 32.3 Å². The lowest BCUT2D eigenvalue weighted by molar-refractivity contribution is -0.158. The molecule has 0 amide bonds. The minimum absolute atomic E-state index is 0.0615. The second kappa shape index (κ2) is 14.9. The Morgan fingerprint density at radius 3 is 2.27 bits per heavy atom. The fourth-order valence-electron chi connectivity index (χ4n) is 4.74. The lowest BCUT2D eigenvalue weighted by Gasteiger charge is -2.25. The van der Waals surface area contributed by atoms with Crippen LogP contribution in [0.3, 0.4) is 0 Å². The highest BCUT2D eigenvalue weighted by molar-refractivity contribution is 7.91. The van der Waals surface area contributed by atoms with Crippen molar-refractivity contribution in [3.8, 4) is 5.75 Å². The van der Waals surface area contributed by atoms with Crippen LogP contribution in [0.1, 0.15) is 43.6 Å². The molecule has 7 nitrogen and oxygen atoms in total. The maximum atomic E-state index is 13.5. The number of aliphatic hydroxyl groups excluding tert-OH is 1. The highest BCUT2D eigenvalue weighted by Crippen LogP contribution is 2.27. The smallest absolute Gasteiger partial charge is 0.349 e. The first-order chi connectivity index (χ1) is 21.0. The summed E-state index contributed by atoms with van der Waals surface area (Å²) in [4.78, 5) is 14.6. The summed E-state index contributed by atoms with van der Waals surface area (Å²) < 4.78 is 37.8. The topological polar surface area (TPSA) is 93.1 Å². The van der Waals surface area contributed by atoms with E-state index >= 15 is 0 Å². The van der Waals surface area contributed by atoms with Crippen LogP contribution in [0.4, 0.5) is 0 Å². The first-order valence-electron chi connectivity index (χ1n) is 14.5. The first kappa shape index (κ1) is 33.2. The number of ether oxygens (including phenoxy) is 2. The van der Waals surface area contributed by atoms with Crippen LogP contribution >= 0.6 is 11.6 Å². The van der Waals surface area contributed by atoms with Gasteiger partial charge < -0.3 is 14.6 Å². The highest BCUT2D eigenvalue weighted by atomic mass is 35.5. The predicted molar refractivity (Wildman–Crippen MR) is 172 cm³/mol.